The average Bonchev–Trinajstić information content (AvgIpc) is 2.61. The van der Waals surface area contributed by atoms with E-state index in [1.165, 1.54) is 26.4 Å². The second-order valence-corrected chi connectivity index (χ2v) is 6.47. The minimum Gasteiger partial charge on any atom is -0.496 e. The van der Waals surface area contributed by atoms with Gasteiger partial charge in [-0.1, -0.05) is 0 Å². The predicted molar refractivity (Wildman–Crippen MR) is 109 cm³/mol. The number of nitro benzene ring substituents is 1. The van der Waals surface area contributed by atoms with E-state index in [4.69, 9.17) is 21.7 Å². The van der Waals surface area contributed by atoms with E-state index in [9.17, 15) is 14.9 Å². The number of nitrogens with zero attached hydrogens (tertiary/aromatic N) is 1. The van der Waals surface area contributed by atoms with Gasteiger partial charge < -0.3 is 14.8 Å². The zero-order chi connectivity index (χ0) is 19.3. The molecule has 0 aliphatic heterocycles. The van der Waals surface area contributed by atoms with Gasteiger partial charge in [0.2, 0.25) is 0 Å². The van der Waals surface area contributed by atoms with Crippen LogP contribution in [0.1, 0.15) is 10.4 Å². The Morgan fingerprint density at radius 3 is 2.50 bits per heavy atom. The summed E-state index contributed by atoms with van der Waals surface area (Å²) in [5, 5.41) is 16.3. The number of benzene rings is 2. The summed E-state index contributed by atoms with van der Waals surface area (Å²) in [7, 11) is 2.95. The summed E-state index contributed by atoms with van der Waals surface area (Å²) in [4.78, 5) is 22.9. The lowest BCUT2D eigenvalue weighted by atomic mass is 10.2. The van der Waals surface area contributed by atoms with Crippen molar-refractivity contribution < 1.29 is 19.2 Å². The number of anilines is 1. The molecule has 1 amide bonds. The van der Waals surface area contributed by atoms with Crippen molar-refractivity contribution in [2.45, 2.75) is 0 Å². The summed E-state index contributed by atoms with van der Waals surface area (Å²) in [6.07, 6.45) is 0. The summed E-state index contributed by atoms with van der Waals surface area (Å²) in [5.41, 5.74) is 0.300. The van der Waals surface area contributed by atoms with Gasteiger partial charge >= 0.3 is 0 Å². The minimum absolute atomic E-state index is 0.0610. The molecule has 0 radical (unpaired) electrons. The summed E-state index contributed by atoms with van der Waals surface area (Å²) in [6.45, 7) is 0. The molecule has 136 valence electrons. The van der Waals surface area contributed by atoms with Crippen molar-refractivity contribution >= 4 is 57.2 Å². The van der Waals surface area contributed by atoms with Gasteiger partial charge in [0, 0.05) is 5.56 Å². The average molecular weight is 487 g/mol. The third-order valence-electron chi connectivity index (χ3n) is 3.29. The van der Waals surface area contributed by atoms with E-state index in [0.717, 1.165) is 3.57 Å². The van der Waals surface area contributed by atoms with Crippen molar-refractivity contribution in [3.05, 3.63) is 55.6 Å². The lowest BCUT2D eigenvalue weighted by Gasteiger charge is -2.11. The van der Waals surface area contributed by atoms with Crippen LogP contribution in [0.25, 0.3) is 0 Å². The highest BCUT2D eigenvalue weighted by Crippen LogP contribution is 2.29. The number of ether oxygens (including phenoxy) is 2. The summed E-state index contributed by atoms with van der Waals surface area (Å²) in [6, 6.07) is 9.17. The van der Waals surface area contributed by atoms with Gasteiger partial charge in [0.15, 0.2) is 5.11 Å². The van der Waals surface area contributed by atoms with E-state index in [0.29, 0.717) is 17.1 Å². The zero-order valence-corrected chi connectivity index (χ0v) is 16.7. The molecule has 0 fully saturated rings. The number of carbonyl (C=O) groups is 1. The summed E-state index contributed by atoms with van der Waals surface area (Å²) in [5.74, 6) is 0.543. The number of rotatable bonds is 5. The molecule has 0 bridgehead atoms. The van der Waals surface area contributed by atoms with E-state index in [1.807, 2.05) is 22.6 Å². The van der Waals surface area contributed by atoms with Crippen LogP contribution < -0.4 is 20.1 Å². The molecule has 2 aromatic carbocycles. The van der Waals surface area contributed by atoms with Gasteiger partial charge in [-0.15, -0.1) is 0 Å². The SMILES string of the molecule is COc1ccc(NC(=S)NC(=O)c2ccc(OC)c(I)c2)c([N+](=O)[O-])c1. The lowest BCUT2D eigenvalue weighted by molar-refractivity contribution is -0.384. The first-order chi connectivity index (χ1) is 12.3. The van der Waals surface area contributed by atoms with Crippen LogP contribution in [0.15, 0.2) is 36.4 Å². The number of nitrogens with one attached hydrogen (secondary N) is 2. The van der Waals surface area contributed by atoms with Crippen molar-refractivity contribution in [2.75, 3.05) is 19.5 Å². The number of hydrogen-bond donors (Lipinski definition) is 2. The molecule has 26 heavy (non-hydrogen) atoms. The molecular weight excluding hydrogens is 473 g/mol. The molecule has 2 aromatic rings. The van der Waals surface area contributed by atoms with Crippen LogP contribution in [-0.4, -0.2) is 30.2 Å². The molecule has 0 saturated carbocycles. The first kappa shape index (κ1) is 19.8. The Bertz CT molecular complexity index is 875. The van der Waals surface area contributed by atoms with Crippen LogP contribution in [0.4, 0.5) is 11.4 Å². The highest BCUT2D eigenvalue weighted by Gasteiger charge is 2.17. The van der Waals surface area contributed by atoms with Crippen molar-refractivity contribution in [1.29, 1.82) is 0 Å². The Morgan fingerprint density at radius 1 is 1.19 bits per heavy atom. The smallest absolute Gasteiger partial charge is 0.296 e. The van der Waals surface area contributed by atoms with Crippen molar-refractivity contribution in [1.82, 2.24) is 5.32 Å². The molecule has 2 rings (SSSR count). The number of amides is 1. The normalized spacial score (nSPS) is 9.96. The molecule has 0 aromatic heterocycles. The van der Waals surface area contributed by atoms with Crippen LogP contribution in [0, 0.1) is 13.7 Å². The molecule has 0 heterocycles. The van der Waals surface area contributed by atoms with Crippen LogP contribution in [0.3, 0.4) is 0 Å². The fourth-order valence-electron chi connectivity index (χ4n) is 2.03. The van der Waals surface area contributed by atoms with E-state index >= 15 is 0 Å². The minimum atomic E-state index is -0.568. The maximum absolute atomic E-state index is 12.3. The fraction of sp³-hybridized carbons (Fsp3) is 0.125. The quantitative estimate of drug-likeness (QED) is 0.289. The second-order valence-electron chi connectivity index (χ2n) is 4.90. The molecule has 0 aliphatic rings. The van der Waals surface area contributed by atoms with Crippen LogP contribution >= 0.6 is 34.8 Å². The van der Waals surface area contributed by atoms with Gasteiger partial charge in [-0.05, 0) is 65.1 Å². The Kier molecular flexibility index (Phi) is 6.69. The van der Waals surface area contributed by atoms with Gasteiger partial charge in [0.25, 0.3) is 11.6 Å². The Morgan fingerprint density at radius 2 is 1.92 bits per heavy atom. The second kappa shape index (κ2) is 8.76. The van der Waals surface area contributed by atoms with Gasteiger partial charge in [-0.25, -0.2) is 0 Å². The molecule has 0 spiro atoms. The molecule has 0 unspecified atom stereocenters. The number of nitro groups is 1. The van der Waals surface area contributed by atoms with Gasteiger partial charge in [-0.3, -0.25) is 20.2 Å². The Labute approximate surface area is 168 Å². The first-order valence-corrected chi connectivity index (χ1v) is 8.62. The zero-order valence-electron chi connectivity index (χ0n) is 13.7. The van der Waals surface area contributed by atoms with E-state index in [-0.39, 0.29) is 16.5 Å². The first-order valence-electron chi connectivity index (χ1n) is 7.14. The maximum atomic E-state index is 12.3. The molecule has 10 heteroatoms. The van der Waals surface area contributed by atoms with Gasteiger partial charge in [0.1, 0.15) is 17.2 Å². The molecule has 0 aliphatic carbocycles. The fourth-order valence-corrected chi connectivity index (χ4v) is 2.97. The van der Waals surface area contributed by atoms with E-state index in [2.05, 4.69) is 10.6 Å². The predicted octanol–water partition coefficient (Wildman–Crippen LogP) is 3.34. The number of halogens is 1. The van der Waals surface area contributed by atoms with Crippen molar-refractivity contribution in [3.8, 4) is 11.5 Å². The Hall–Kier alpha value is -2.47. The highest BCUT2D eigenvalue weighted by atomic mass is 127. The Balaban J connectivity index is 2.12. The maximum Gasteiger partial charge on any atom is 0.296 e. The largest absolute Gasteiger partial charge is 0.496 e. The van der Waals surface area contributed by atoms with E-state index < -0.39 is 10.8 Å². The molecule has 2 N–H and O–H groups in total. The number of thiocarbonyl (C=S) groups is 1. The van der Waals surface area contributed by atoms with E-state index in [1.54, 1.807) is 24.3 Å². The lowest BCUT2D eigenvalue weighted by Crippen LogP contribution is -2.34. The van der Waals surface area contributed by atoms with Crippen molar-refractivity contribution in [3.63, 3.8) is 0 Å². The van der Waals surface area contributed by atoms with Gasteiger partial charge in [-0.2, -0.15) is 0 Å². The van der Waals surface area contributed by atoms with Crippen molar-refractivity contribution in [2.24, 2.45) is 0 Å². The topological polar surface area (TPSA) is 103 Å². The number of hydrogen-bond acceptors (Lipinski definition) is 6. The molecule has 0 atom stereocenters. The van der Waals surface area contributed by atoms with Crippen LogP contribution in [0.5, 0.6) is 11.5 Å². The molecular formula is C16H14IN3O5S. The molecule has 8 nitrogen and oxygen atoms in total. The number of carbonyl (C=O) groups excluding carboxylic acids is 1. The summed E-state index contributed by atoms with van der Waals surface area (Å²) < 4.78 is 10.9. The molecule has 0 saturated heterocycles. The van der Waals surface area contributed by atoms with Crippen LogP contribution in [0.2, 0.25) is 0 Å². The number of methoxy groups -OCH3 is 2. The summed E-state index contributed by atoms with van der Waals surface area (Å²) >= 11 is 7.13. The highest BCUT2D eigenvalue weighted by molar-refractivity contribution is 14.1. The third-order valence-corrected chi connectivity index (χ3v) is 4.34. The van der Waals surface area contributed by atoms with Gasteiger partial charge in [0.05, 0.1) is 28.8 Å². The standard InChI is InChI=1S/C16H14IN3O5S/c1-24-10-4-5-12(13(8-10)20(22)23)18-16(26)19-15(21)9-3-6-14(25-2)11(17)7-9/h3-8H,1-2H3,(H2,18,19,21,26). The third kappa shape index (κ3) is 4.79. The van der Waals surface area contributed by atoms with Crippen LogP contribution in [-0.2, 0) is 0 Å². The monoisotopic (exact) mass is 487 g/mol.